The summed E-state index contributed by atoms with van der Waals surface area (Å²) in [5.41, 5.74) is 10.2. The average molecular weight is 190 g/mol. The molecule has 0 amide bonds. The molecule has 0 radical (unpaired) electrons. The lowest BCUT2D eigenvalue weighted by Gasteiger charge is -2.07. The molecule has 2 heteroatoms. The molecule has 0 atom stereocenters. The summed E-state index contributed by atoms with van der Waals surface area (Å²) in [5, 5.41) is 3.27. The van der Waals surface area contributed by atoms with Crippen molar-refractivity contribution in [3.8, 4) is 0 Å². The predicted octanol–water partition coefficient (Wildman–Crippen LogP) is 2.96. The molecule has 0 heterocycles. The van der Waals surface area contributed by atoms with E-state index in [1.807, 2.05) is 19.1 Å². The van der Waals surface area contributed by atoms with E-state index in [1.165, 1.54) is 11.1 Å². The van der Waals surface area contributed by atoms with E-state index in [-0.39, 0.29) is 0 Å². The van der Waals surface area contributed by atoms with Crippen LogP contribution in [-0.2, 0) is 0 Å². The number of allylic oxidation sites excluding steroid dienone is 1. The van der Waals surface area contributed by atoms with Gasteiger partial charge in [-0.3, -0.25) is 0 Å². The summed E-state index contributed by atoms with van der Waals surface area (Å²) in [7, 11) is 0. The third kappa shape index (κ3) is 3.13. The zero-order valence-electron chi connectivity index (χ0n) is 9.09. The van der Waals surface area contributed by atoms with Gasteiger partial charge in [-0.05, 0) is 38.5 Å². The molecule has 0 aliphatic heterocycles. The number of anilines is 2. The van der Waals surface area contributed by atoms with Crippen LogP contribution in [0, 0.1) is 6.92 Å². The van der Waals surface area contributed by atoms with Crippen LogP contribution >= 0.6 is 0 Å². The fourth-order valence-corrected chi connectivity index (χ4v) is 1.21. The Balaban J connectivity index is 2.64. The molecular formula is C12H18N2. The van der Waals surface area contributed by atoms with Gasteiger partial charge in [-0.25, -0.2) is 0 Å². The highest BCUT2D eigenvalue weighted by Gasteiger charge is 1.96. The van der Waals surface area contributed by atoms with Crippen molar-refractivity contribution in [1.82, 2.24) is 0 Å². The standard InChI is InChI=1S/C12H18N2/c1-9(2)6-7-14-12-5-4-10(3)8-11(12)13/h4-6,8,14H,7,13H2,1-3H3. The van der Waals surface area contributed by atoms with Crippen LogP contribution in [0.4, 0.5) is 11.4 Å². The number of rotatable bonds is 3. The number of nitrogen functional groups attached to an aromatic ring is 1. The van der Waals surface area contributed by atoms with Gasteiger partial charge in [0.1, 0.15) is 0 Å². The van der Waals surface area contributed by atoms with E-state index in [9.17, 15) is 0 Å². The zero-order chi connectivity index (χ0) is 10.6. The molecule has 0 fully saturated rings. The fourth-order valence-electron chi connectivity index (χ4n) is 1.21. The van der Waals surface area contributed by atoms with Crippen LogP contribution in [0.5, 0.6) is 0 Å². The van der Waals surface area contributed by atoms with Gasteiger partial charge in [0.05, 0.1) is 11.4 Å². The quantitative estimate of drug-likeness (QED) is 0.568. The van der Waals surface area contributed by atoms with Gasteiger partial charge in [0.15, 0.2) is 0 Å². The lowest BCUT2D eigenvalue weighted by Crippen LogP contribution is -2.02. The van der Waals surface area contributed by atoms with Gasteiger partial charge < -0.3 is 11.1 Å². The monoisotopic (exact) mass is 190 g/mol. The van der Waals surface area contributed by atoms with Crippen molar-refractivity contribution < 1.29 is 0 Å². The van der Waals surface area contributed by atoms with Crippen LogP contribution in [0.15, 0.2) is 29.8 Å². The predicted molar refractivity (Wildman–Crippen MR) is 63.5 cm³/mol. The maximum atomic E-state index is 5.86. The third-order valence-corrected chi connectivity index (χ3v) is 2.01. The normalized spacial score (nSPS) is 9.64. The van der Waals surface area contributed by atoms with Gasteiger partial charge in [-0.15, -0.1) is 0 Å². The van der Waals surface area contributed by atoms with Gasteiger partial charge in [0, 0.05) is 6.54 Å². The van der Waals surface area contributed by atoms with E-state index >= 15 is 0 Å². The largest absolute Gasteiger partial charge is 0.397 e. The Labute approximate surface area is 85.8 Å². The fraction of sp³-hybridized carbons (Fsp3) is 0.333. The highest BCUT2D eigenvalue weighted by atomic mass is 14.9. The molecule has 14 heavy (non-hydrogen) atoms. The van der Waals surface area contributed by atoms with Crippen molar-refractivity contribution in [3.05, 3.63) is 35.4 Å². The van der Waals surface area contributed by atoms with Crippen LogP contribution in [-0.4, -0.2) is 6.54 Å². The minimum atomic E-state index is 0.812. The molecule has 1 aromatic carbocycles. The molecular weight excluding hydrogens is 172 g/mol. The van der Waals surface area contributed by atoms with Crippen molar-refractivity contribution in [2.75, 3.05) is 17.6 Å². The molecule has 76 valence electrons. The molecule has 2 nitrogen and oxygen atoms in total. The van der Waals surface area contributed by atoms with Crippen molar-refractivity contribution >= 4 is 11.4 Å². The first-order valence-corrected chi connectivity index (χ1v) is 4.83. The highest BCUT2D eigenvalue weighted by Crippen LogP contribution is 2.18. The third-order valence-electron chi connectivity index (χ3n) is 2.01. The minimum Gasteiger partial charge on any atom is -0.397 e. The molecule has 0 unspecified atom stereocenters. The van der Waals surface area contributed by atoms with Crippen LogP contribution in [0.2, 0.25) is 0 Å². The van der Waals surface area contributed by atoms with Crippen molar-refractivity contribution in [1.29, 1.82) is 0 Å². The Kier molecular flexibility index (Phi) is 3.57. The molecule has 0 saturated carbocycles. The maximum absolute atomic E-state index is 5.86. The first-order valence-electron chi connectivity index (χ1n) is 4.83. The van der Waals surface area contributed by atoms with Crippen LogP contribution in [0.3, 0.4) is 0 Å². The van der Waals surface area contributed by atoms with E-state index in [0.29, 0.717) is 0 Å². The Morgan fingerprint density at radius 2 is 2.14 bits per heavy atom. The number of hydrogen-bond acceptors (Lipinski definition) is 2. The first kappa shape index (κ1) is 10.6. The number of aryl methyl sites for hydroxylation is 1. The lowest BCUT2D eigenvalue weighted by atomic mass is 10.2. The number of nitrogens with one attached hydrogen (secondary N) is 1. The summed E-state index contributed by atoms with van der Waals surface area (Å²) >= 11 is 0. The van der Waals surface area contributed by atoms with Gasteiger partial charge in [-0.2, -0.15) is 0 Å². The number of hydrogen-bond donors (Lipinski definition) is 2. The topological polar surface area (TPSA) is 38.0 Å². The van der Waals surface area contributed by atoms with Crippen LogP contribution in [0.25, 0.3) is 0 Å². The average Bonchev–Trinajstić information content (AvgIpc) is 2.08. The van der Waals surface area contributed by atoms with Gasteiger partial charge >= 0.3 is 0 Å². The molecule has 0 bridgehead atoms. The van der Waals surface area contributed by atoms with E-state index in [0.717, 1.165) is 17.9 Å². The smallest absolute Gasteiger partial charge is 0.0576 e. The molecule has 1 rings (SSSR count). The zero-order valence-corrected chi connectivity index (χ0v) is 9.09. The van der Waals surface area contributed by atoms with Gasteiger partial charge in [0.2, 0.25) is 0 Å². The van der Waals surface area contributed by atoms with E-state index in [2.05, 4.69) is 31.3 Å². The molecule has 0 saturated heterocycles. The highest BCUT2D eigenvalue weighted by molar-refractivity contribution is 5.67. The Hall–Kier alpha value is -1.44. The number of benzene rings is 1. The van der Waals surface area contributed by atoms with Crippen molar-refractivity contribution in [2.45, 2.75) is 20.8 Å². The summed E-state index contributed by atoms with van der Waals surface area (Å²) < 4.78 is 0. The summed E-state index contributed by atoms with van der Waals surface area (Å²) in [6, 6.07) is 6.05. The molecule has 0 spiro atoms. The van der Waals surface area contributed by atoms with Crippen LogP contribution < -0.4 is 11.1 Å². The van der Waals surface area contributed by atoms with Crippen molar-refractivity contribution in [3.63, 3.8) is 0 Å². The SMILES string of the molecule is CC(C)=CCNc1ccc(C)cc1N. The number of nitrogens with two attached hydrogens (primary N) is 1. The Morgan fingerprint density at radius 3 is 2.71 bits per heavy atom. The molecule has 0 aromatic heterocycles. The second kappa shape index (κ2) is 4.70. The second-order valence-corrected chi connectivity index (χ2v) is 3.75. The first-order chi connectivity index (χ1) is 6.59. The Morgan fingerprint density at radius 1 is 1.43 bits per heavy atom. The van der Waals surface area contributed by atoms with Crippen LogP contribution in [0.1, 0.15) is 19.4 Å². The molecule has 0 aliphatic carbocycles. The maximum Gasteiger partial charge on any atom is 0.0576 e. The van der Waals surface area contributed by atoms with E-state index in [4.69, 9.17) is 5.73 Å². The summed E-state index contributed by atoms with van der Waals surface area (Å²) in [5.74, 6) is 0. The summed E-state index contributed by atoms with van der Waals surface area (Å²) in [6.07, 6.45) is 2.14. The van der Waals surface area contributed by atoms with Gasteiger partial charge in [-0.1, -0.05) is 17.7 Å². The molecule has 0 aliphatic rings. The Bertz CT molecular complexity index is 336. The minimum absolute atomic E-state index is 0.812. The van der Waals surface area contributed by atoms with E-state index in [1.54, 1.807) is 0 Å². The summed E-state index contributed by atoms with van der Waals surface area (Å²) in [6.45, 7) is 7.03. The van der Waals surface area contributed by atoms with E-state index < -0.39 is 0 Å². The lowest BCUT2D eigenvalue weighted by molar-refractivity contribution is 1.26. The summed E-state index contributed by atoms with van der Waals surface area (Å²) in [4.78, 5) is 0. The molecule has 3 N–H and O–H groups in total. The van der Waals surface area contributed by atoms with Crippen molar-refractivity contribution in [2.24, 2.45) is 0 Å². The second-order valence-electron chi connectivity index (χ2n) is 3.75. The van der Waals surface area contributed by atoms with Gasteiger partial charge in [0.25, 0.3) is 0 Å². The molecule has 1 aromatic rings.